The Labute approximate surface area is 547 Å². The predicted molar refractivity (Wildman–Crippen MR) is 343 cm³/mol. The van der Waals surface area contributed by atoms with E-state index in [0.717, 1.165) is 59.5 Å². The molecule has 4 aliphatic rings. The monoisotopic (exact) mass is 1320 g/mol. The lowest BCUT2D eigenvalue weighted by Crippen LogP contribution is -2.64. The van der Waals surface area contributed by atoms with Crippen LogP contribution < -0.4 is 47.7 Å². The van der Waals surface area contributed by atoms with Gasteiger partial charge in [0.1, 0.15) is 46.3 Å². The van der Waals surface area contributed by atoms with Crippen molar-refractivity contribution in [2.75, 3.05) is 57.3 Å². The van der Waals surface area contributed by atoms with E-state index in [1.165, 1.54) is 48.6 Å². The van der Waals surface area contributed by atoms with E-state index in [-0.39, 0.29) is 61.4 Å². The van der Waals surface area contributed by atoms with Crippen molar-refractivity contribution in [2.24, 2.45) is 17.4 Å². The van der Waals surface area contributed by atoms with Gasteiger partial charge in [0.15, 0.2) is 11.5 Å². The molecule has 0 saturated carbocycles. The molecule has 4 fully saturated rings. The van der Waals surface area contributed by atoms with Crippen molar-refractivity contribution >= 4 is 58.4 Å². The number of hydrogen-bond donors (Lipinski definition) is 14. The van der Waals surface area contributed by atoms with Crippen LogP contribution in [0.25, 0.3) is 21.1 Å². The first-order valence-corrected chi connectivity index (χ1v) is 32.4. The van der Waals surface area contributed by atoms with Gasteiger partial charge in [-0.1, -0.05) is 66.8 Å². The zero-order valence-corrected chi connectivity index (χ0v) is 53.1. The first-order chi connectivity index (χ1) is 45.1. The number of aliphatic hydroxyl groups excluding tert-OH is 6. The van der Waals surface area contributed by atoms with Crippen molar-refractivity contribution in [1.82, 2.24) is 46.6 Å². The van der Waals surface area contributed by atoms with Gasteiger partial charge in [0, 0.05) is 80.3 Å². The molecule has 16 N–H and O–H groups in total. The summed E-state index contributed by atoms with van der Waals surface area (Å²) in [6.07, 6.45) is -9.43. The fraction of sp³-hybridized carbons (Fsp3) is 0.492. The van der Waals surface area contributed by atoms with Gasteiger partial charge < -0.3 is 98.0 Å². The molecule has 5 aromatic rings. The highest BCUT2D eigenvalue weighted by molar-refractivity contribution is 7.17. The highest BCUT2D eigenvalue weighted by atomic mass is 32.1. The molecule has 29 heteroatoms. The minimum Gasteiger partial charge on any atom is -0.504 e. The number of carbonyl (C=O) groups excluding carboxylic acids is 7. The molecule has 0 bridgehead atoms. The first-order valence-electron chi connectivity index (χ1n) is 31.6. The first kappa shape index (κ1) is 70.1. The number of aliphatic hydroxyl groups is 6. The minimum absolute atomic E-state index is 0.00362. The number of nitrogens with zero attached hydrogens (tertiary/aromatic N) is 5. The molecule has 506 valence electrons. The summed E-state index contributed by atoms with van der Waals surface area (Å²) < 4.78 is 11.8. The van der Waals surface area contributed by atoms with Crippen LogP contribution in [0.5, 0.6) is 11.5 Å². The van der Waals surface area contributed by atoms with Gasteiger partial charge in [-0.3, -0.25) is 33.6 Å². The molecule has 28 nitrogen and oxygen atoms in total. The SMILES string of the molecule is C[C@@H](O)[C@@H]1NC(=O)[C@@H](NC(=O)c2ccc(-c3nnc(-c4ccc(N5CCC(OCc6ccccc6)CC5)cc4)s3)cc2)C[C@@H](O)CNC(=O)[C@@H]2[C@@H](O)[C@@H](C)CN2C(=O)[C@H]([C@H](O)CCN)NC(=O)[C@H]([C@H](O)Cc2ccc(O)c(OCCCN)c2)NC(=O)[C@@H]2C[C@@H](O)CN2C1=O. The van der Waals surface area contributed by atoms with E-state index in [2.05, 4.69) is 65.9 Å². The molecule has 0 spiro atoms. The van der Waals surface area contributed by atoms with Crippen molar-refractivity contribution in [3.63, 3.8) is 0 Å². The van der Waals surface area contributed by atoms with Crippen LogP contribution in [0, 0.1) is 5.92 Å². The summed E-state index contributed by atoms with van der Waals surface area (Å²) in [4.78, 5) is 106. The molecule has 4 aromatic carbocycles. The van der Waals surface area contributed by atoms with E-state index in [9.17, 15) is 69.3 Å². The van der Waals surface area contributed by atoms with E-state index in [4.69, 9.17) is 20.9 Å². The number of rotatable bonds is 19. The van der Waals surface area contributed by atoms with Crippen LogP contribution in [0.2, 0.25) is 0 Å². The molecule has 4 saturated heterocycles. The van der Waals surface area contributed by atoms with Crippen molar-refractivity contribution in [1.29, 1.82) is 0 Å². The maximum atomic E-state index is 14.8. The number of aromatic nitrogens is 2. The average molecular weight is 1320 g/mol. The van der Waals surface area contributed by atoms with Crippen LogP contribution in [-0.2, 0) is 46.5 Å². The van der Waals surface area contributed by atoms with Crippen LogP contribution in [0.15, 0.2) is 97.1 Å². The quantitative estimate of drug-likeness (QED) is 0.0431. The number of β-amino-alcohol motifs (C(OH)–C–C–N with tert-alkyl or cyclic N) is 1. The lowest BCUT2D eigenvalue weighted by Gasteiger charge is -2.34. The molecule has 0 aliphatic carbocycles. The Morgan fingerprint density at radius 1 is 0.723 bits per heavy atom. The molecular weight excluding hydrogens is 1240 g/mol. The second kappa shape index (κ2) is 32.3. The Bertz CT molecular complexity index is 3420. The van der Waals surface area contributed by atoms with Gasteiger partial charge in [0.05, 0.1) is 55.9 Å². The van der Waals surface area contributed by atoms with Crippen LogP contribution in [-0.4, -0.2) is 228 Å². The molecule has 0 radical (unpaired) electrons. The van der Waals surface area contributed by atoms with E-state index < -0.39 is 152 Å². The second-order valence-electron chi connectivity index (χ2n) is 24.4. The van der Waals surface area contributed by atoms with Crippen molar-refractivity contribution in [3.05, 3.63) is 114 Å². The van der Waals surface area contributed by atoms with E-state index >= 15 is 0 Å². The summed E-state index contributed by atoms with van der Waals surface area (Å²) in [6.45, 7) is 3.69. The largest absolute Gasteiger partial charge is 0.504 e. The molecular formula is C65H84N12O16S. The van der Waals surface area contributed by atoms with Gasteiger partial charge in [0.25, 0.3) is 5.91 Å². The average Bonchev–Trinajstić information content (AvgIpc) is 1.63. The van der Waals surface area contributed by atoms with Gasteiger partial charge in [0.2, 0.25) is 35.4 Å². The lowest BCUT2D eigenvalue weighted by molar-refractivity contribution is -0.147. The zero-order chi connectivity index (χ0) is 67.3. The minimum atomic E-state index is -2.04. The number of nitrogens with one attached hydrogen (secondary N) is 5. The number of piperidine rings is 1. The van der Waals surface area contributed by atoms with E-state index in [0.29, 0.717) is 28.6 Å². The molecule has 94 heavy (non-hydrogen) atoms. The lowest BCUT2D eigenvalue weighted by atomic mass is 9.98. The number of hydrogen-bond acceptors (Lipinski definition) is 22. The van der Waals surface area contributed by atoms with Gasteiger partial charge in [-0.15, -0.1) is 10.2 Å². The summed E-state index contributed by atoms with van der Waals surface area (Å²) in [5.41, 5.74) is 15.4. The number of nitrogens with two attached hydrogens (primary N) is 2. The maximum absolute atomic E-state index is 14.8. The van der Waals surface area contributed by atoms with Gasteiger partial charge in [-0.05, 0) is 105 Å². The third-order valence-corrected chi connectivity index (χ3v) is 18.4. The van der Waals surface area contributed by atoms with Crippen molar-refractivity contribution < 1.29 is 78.8 Å². The highest BCUT2D eigenvalue weighted by Gasteiger charge is 2.50. The standard InChI is InChI=1S/C65H84N12O16S/c1-35-32-77-55(56(35)84)61(89)68-31-43(79)29-46(69-57(85)39-10-12-40(13-11-39)62-73-74-63(94-62)41-14-16-42(17-15-41)75-24-20-45(21-25-75)93-34-37-7-4-3-5-8-37)58(86)70-52(36(2)78)64(90)76-33-44(80)30-47(76)59(87)71-53(60(88)72-54(65(77)91)49(82)19-23-67)50(83)27-38-9-18-48(81)51(28-38)92-26-6-22-66/h3-5,7-18,28,35-36,43-47,49-50,52-56,78-84H,6,19-27,29-34,66-67H2,1-2H3,(H,68,89)(H,69,85)(H,70,86)(H,71,87)(H,72,88)/t35-,36+,43+,44+,46-,47-,49+,50+,52-,53-,54-,55-,56-/m0/s1. The molecule has 9 rings (SSSR count). The maximum Gasteiger partial charge on any atom is 0.251 e. The molecule has 5 heterocycles. The van der Waals surface area contributed by atoms with Gasteiger partial charge >= 0.3 is 0 Å². The number of phenolic OH excluding ortho intramolecular Hbond substituents is 1. The second-order valence-corrected chi connectivity index (χ2v) is 25.4. The van der Waals surface area contributed by atoms with Crippen LogP contribution in [0.4, 0.5) is 5.69 Å². The Kier molecular flexibility index (Phi) is 24.1. The summed E-state index contributed by atoms with van der Waals surface area (Å²) in [5, 5.41) is 102. The summed E-state index contributed by atoms with van der Waals surface area (Å²) in [5.74, 6) is -8.58. The number of aromatic hydroxyl groups is 1. The topological polar surface area (TPSA) is 427 Å². The van der Waals surface area contributed by atoms with E-state index in [1.54, 1.807) is 12.1 Å². The Balaban J connectivity index is 0.941. The number of phenols is 1. The highest BCUT2D eigenvalue weighted by Crippen LogP contribution is 2.34. The molecule has 4 aliphatic heterocycles. The fourth-order valence-electron chi connectivity index (χ4n) is 12.0. The Hall–Kier alpha value is -8.23. The van der Waals surface area contributed by atoms with E-state index in [1.807, 2.05) is 30.3 Å². The molecule has 0 unspecified atom stereocenters. The van der Waals surface area contributed by atoms with Gasteiger partial charge in [-0.2, -0.15) is 0 Å². The fourth-order valence-corrected chi connectivity index (χ4v) is 12.9. The number of anilines is 1. The number of benzene rings is 4. The number of carbonyl (C=O) groups is 7. The number of ether oxygens (including phenoxy) is 2. The summed E-state index contributed by atoms with van der Waals surface area (Å²) in [7, 11) is 0. The zero-order valence-electron chi connectivity index (χ0n) is 52.2. The third-order valence-electron chi connectivity index (χ3n) is 17.4. The third kappa shape index (κ3) is 17.4. The molecule has 1 aromatic heterocycles. The molecule has 13 atom stereocenters. The predicted octanol–water partition coefficient (Wildman–Crippen LogP) is -1.21. The van der Waals surface area contributed by atoms with Crippen LogP contribution in [0.1, 0.15) is 73.9 Å². The Morgan fingerprint density at radius 3 is 2.03 bits per heavy atom. The number of fused-ring (bicyclic) bond motifs is 2. The normalized spacial score (nSPS) is 25.6. The molecule has 7 amide bonds. The van der Waals surface area contributed by atoms with Crippen LogP contribution in [0.3, 0.4) is 0 Å². The smallest absolute Gasteiger partial charge is 0.251 e. The summed E-state index contributed by atoms with van der Waals surface area (Å²) >= 11 is 1.33. The Morgan fingerprint density at radius 2 is 1.37 bits per heavy atom. The number of amides is 7. The van der Waals surface area contributed by atoms with Crippen LogP contribution >= 0.6 is 11.3 Å². The van der Waals surface area contributed by atoms with Gasteiger partial charge in [-0.25, -0.2) is 0 Å². The van der Waals surface area contributed by atoms with Crippen molar-refractivity contribution in [2.45, 2.75) is 144 Å². The summed E-state index contributed by atoms with van der Waals surface area (Å²) in [6, 6.07) is 17.5. The van der Waals surface area contributed by atoms with Crippen molar-refractivity contribution in [3.8, 4) is 32.6 Å².